The minimum atomic E-state index is -0.418. The van der Waals surface area contributed by atoms with Crippen molar-refractivity contribution < 1.29 is 14.4 Å². The van der Waals surface area contributed by atoms with Crippen molar-refractivity contribution in [2.45, 2.75) is 20.8 Å². The van der Waals surface area contributed by atoms with Gasteiger partial charge in [-0.05, 0) is 57.2 Å². The Balaban J connectivity index is 1.79. The number of hydrogen-bond acceptors (Lipinski definition) is 4. The van der Waals surface area contributed by atoms with E-state index in [1.54, 1.807) is 38.1 Å². The number of ketones is 1. The Morgan fingerprint density at radius 2 is 1.67 bits per heavy atom. The van der Waals surface area contributed by atoms with Crippen molar-refractivity contribution in [3.63, 3.8) is 0 Å². The standard InChI is InChI=1S/C21H19N3O3/c1-13(12-20(26)23-17-10-8-16(9-11-17)14(2)25)21(27)24-15(3)22-18-6-4-5-7-19(18)24/h4-12H,1-3H3,(H,23,26)/b13-12+. The number of aryl methyl sites for hydroxylation is 1. The highest BCUT2D eigenvalue weighted by molar-refractivity contribution is 6.08. The number of rotatable bonds is 4. The minimum Gasteiger partial charge on any atom is -0.323 e. The molecule has 1 aromatic heterocycles. The summed E-state index contributed by atoms with van der Waals surface area (Å²) in [5.74, 6) is -0.201. The van der Waals surface area contributed by atoms with Gasteiger partial charge in [-0.3, -0.25) is 19.0 Å². The molecule has 2 aromatic carbocycles. The van der Waals surface area contributed by atoms with Crippen LogP contribution in [-0.4, -0.2) is 27.1 Å². The molecule has 1 heterocycles. The van der Waals surface area contributed by atoms with Crippen molar-refractivity contribution >= 4 is 34.3 Å². The molecule has 3 aromatic rings. The number of fused-ring (bicyclic) bond motifs is 1. The molecule has 0 saturated carbocycles. The summed E-state index contributed by atoms with van der Waals surface area (Å²) in [6.07, 6.45) is 1.26. The van der Waals surface area contributed by atoms with E-state index in [9.17, 15) is 14.4 Å². The average Bonchev–Trinajstić information content (AvgIpc) is 2.97. The second-order valence-electron chi connectivity index (χ2n) is 6.24. The van der Waals surface area contributed by atoms with Crippen LogP contribution in [0.25, 0.3) is 11.0 Å². The number of benzene rings is 2. The van der Waals surface area contributed by atoms with Crippen LogP contribution in [-0.2, 0) is 4.79 Å². The van der Waals surface area contributed by atoms with Crippen LogP contribution >= 0.6 is 0 Å². The number of amides is 1. The van der Waals surface area contributed by atoms with E-state index in [0.717, 1.165) is 5.52 Å². The third kappa shape index (κ3) is 3.84. The van der Waals surface area contributed by atoms with Crippen molar-refractivity contribution in [1.82, 2.24) is 9.55 Å². The summed E-state index contributed by atoms with van der Waals surface area (Å²) in [5, 5.41) is 2.69. The number of imidazole rings is 1. The highest BCUT2D eigenvalue weighted by Gasteiger charge is 2.16. The lowest BCUT2D eigenvalue weighted by Gasteiger charge is -2.07. The fraction of sp³-hybridized carbons (Fsp3) is 0.143. The Bertz CT molecular complexity index is 1080. The summed E-state index contributed by atoms with van der Waals surface area (Å²) in [4.78, 5) is 40.7. The molecule has 0 aliphatic heterocycles. The van der Waals surface area contributed by atoms with E-state index in [1.807, 2.05) is 24.3 Å². The number of hydrogen-bond donors (Lipinski definition) is 1. The monoisotopic (exact) mass is 361 g/mol. The lowest BCUT2D eigenvalue weighted by atomic mass is 10.1. The molecule has 0 aliphatic carbocycles. The van der Waals surface area contributed by atoms with E-state index >= 15 is 0 Å². The van der Waals surface area contributed by atoms with Gasteiger partial charge in [-0.15, -0.1) is 0 Å². The summed E-state index contributed by atoms with van der Waals surface area (Å²) in [6.45, 7) is 4.82. The molecule has 0 bridgehead atoms. The summed E-state index contributed by atoms with van der Waals surface area (Å²) in [7, 11) is 0. The third-order valence-corrected chi connectivity index (χ3v) is 4.18. The maximum atomic E-state index is 12.8. The van der Waals surface area contributed by atoms with Gasteiger partial charge < -0.3 is 5.32 Å². The largest absolute Gasteiger partial charge is 0.323 e. The SMILES string of the molecule is CC(=O)c1ccc(NC(=O)/C=C(\C)C(=O)n2c(C)nc3ccccc32)cc1. The van der Waals surface area contributed by atoms with Gasteiger partial charge in [0.25, 0.3) is 5.91 Å². The zero-order chi connectivity index (χ0) is 19.6. The van der Waals surface area contributed by atoms with Crippen LogP contribution in [0.1, 0.15) is 34.8 Å². The van der Waals surface area contributed by atoms with E-state index in [2.05, 4.69) is 10.3 Å². The summed E-state index contributed by atoms with van der Waals surface area (Å²) >= 11 is 0. The lowest BCUT2D eigenvalue weighted by molar-refractivity contribution is -0.112. The second kappa shape index (κ2) is 7.37. The van der Waals surface area contributed by atoms with E-state index in [-0.39, 0.29) is 11.7 Å². The van der Waals surface area contributed by atoms with Gasteiger partial charge in [0.15, 0.2) is 5.78 Å². The van der Waals surface area contributed by atoms with Crippen LogP contribution < -0.4 is 5.32 Å². The highest BCUT2D eigenvalue weighted by Crippen LogP contribution is 2.17. The molecule has 0 unspecified atom stereocenters. The predicted octanol–water partition coefficient (Wildman–Crippen LogP) is 3.77. The summed E-state index contributed by atoms with van der Waals surface area (Å²) in [5.41, 5.74) is 2.83. The zero-order valence-electron chi connectivity index (χ0n) is 15.3. The Morgan fingerprint density at radius 1 is 1.00 bits per heavy atom. The van der Waals surface area contributed by atoms with Crippen molar-refractivity contribution in [3.05, 3.63) is 71.6 Å². The smallest absolute Gasteiger partial charge is 0.259 e. The molecule has 0 aliphatic rings. The van der Waals surface area contributed by atoms with Crippen molar-refractivity contribution in [1.29, 1.82) is 0 Å². The van der Waals surface area contributed by atoms with E-state index in [1.165, 1.54) is 17.6 Å². The van der Waals surface area contributed by atoms with Gasteiger partial charge in [-0.2, -0.15) is 0 Å². The molecular weight excluding hydrogens is 342 g/mol. The van der Waals surface area contributed by atoms with E-state index < -0.39 is 5.91 Å². The lowest BCUT2D eigenvalue weighted by Crippen LogP contribution is -2.16. The molecular formula is C21H19N3O3. The van der Waals surface area contributed by atoms with Gasteiger partial charge in [0.2, 0.25) is 5.91 Å². The number of nitrogens with one attached hydrogen (secondary N) is 1. The highest BCUT2D eigenvalue weighted by atomic mass is 16.2. The molecule has 0 atom stereocenters. The first kappa shape index (κ1) is 18.3. The van der Waals surface area contributed by atoms with Crippen LogP contribution in [0.4, 0.5) is 5.69 Å². The van der Waals surface area contributed by atoms with E-state index in [4.69, 9.17) is 0 Å². The normalized spacial score (nSPS) is 11.4. The maximum Gasteiger partial charge on any atom is 0.259 e. The Labute approximate surface area is 156 Å². The van der Waals surface area contributed by atoms with E-state index in [0.29, 0.717) is 28.2 Å². The average molecular weight is 361 g/mol. The van der Waals surface area contributed by atoms with Crippen molar-refractivity contribution in [3.8, 4) is 0 Å². The zero-order valence-corrected chi connectivity index (χ0v) is 15.3. The number of allylic oxidation sites excluding steroid dienone is 1. The van der Waals surface area contributed by atoms with Gasteiger partial charge in [0.1, 0.15) is 5.82 Å². The number of nitrogens with zero attached hydrogens (tertiary/aromatic N) is 2. The molecule has 3 rings (SSSR count). The maximum absolute atomic E-state index is 12.8. The molecule has 1 amide bonds. The fourth-order valence-electron chi connectivity index (χ4n) is 2.80. The van der Waals surface area contributed by atoms with Crippen LogP contribution in [0.3, 0.4) is 0 Å². The quantitative estimate of drug-likeness (QED) is 0.566. The topological polar surface area (TPSA) is 81.1 Å². The minimum absolute atomic E-state index is 0.0443. The number of Topliss-reactive ketones (excluding diaryl/α,β-unsaturated/α-hetero) is 1. The van der Waals surface area contributed by atoms with Gasteiger partial charge in [0.05, 0.1) is 11.0 Å². The predicted molar refractivity (Wildman–Crippen MR) is 104 cm³/mol. The molecule has 136 valence electrons. The fourth-order valence-corrected chi connectivity index (χ4v) is 2.80. The molecule has 27 heavy (non-hydrogen) atoms. The van der Waals surface area contributed by atoms with Gasteiger partial charge in [-0.25, -0.2) is 4.98 Å². The van der Waals surface area contributed by atoms with Crippen LogP contribution in [0.2, 0.25) is 0 Å². The number of carbonyl (C=O) groups is 3. The molecule has 0 spiro atoms. The van der Waals surface area contributed by atoms with Gasteiger partial charge >= 0.3 is 0 Å². The van der Waals surface area contributed by atoms with Crippen molar-refractivity contribution in [2.24, 2.45) is 0 Å². The number of anilines is 1. The molecule has 0 radical (unpaired) electrons. The molecule has 0 saturated heterocycles. The van der Waals surface area contributed by atoms with Crippen molar-refractivity contribution in [2.75, 3.05) is 5.32 Å². The molecule has 6 heteroatoms. The first-order valence-corrected chi connectivity index (χ1v) is 8.46. The summed E-state index contributed by atoms with van der Waals surface area (Å²) in [6, 6.07) is 13.9. The van der Waals surface area contributed by atoms with Crippen LogP contribution in [0.15, 0.2) is 60.2 Å². The first-order chi connectivity index (χ1) is 12.9. The van der Waals surface area contributed by atoms with Gasteiger partial charge in [-0.1, -0.05) is 12.1 Å². The molecule has 0 fully saturated rings. The molecule has 1 N–H and O–H groups in total. The number of carbonyl (C=O) groups excluding carboxylic acids is 3. The second-order valence-corrected chi connectivity index (χ2v) is 6.24. The Morgan fingerprint density at radius 3 is 2.33 bits per heavy atom. The first-order valence-electron chi connectivity index (χ1n) is 8.46. The molecule has 6 nitrogen and oxygen atoms in total. The third-order valence-electron chi connectivity index (χ3n) is 4.18. The van der Waals surface area contributed by atoms with Crippen LogP contribution in [0.5, 0.6) is 0 Å². The number of aromatic nitrogens is 2. The van der Waals surface area contributed by atoms with Crippen LogP contribution in [0, 0.1) is 6.92 Å². The Kier molecular flexibility index (Phi) is 4.98. The Hall–Kier alpha value is -3.54. The van der Waals surface area contributed by atoms with Gasteiger partial charge in [0, 0.05) is 22.9 Å². The number of para-hydroxylation sites is 2. The summed E-state index contributed by atoms with van der Waals surface area (Å²) < 4.78 is 1.50.